The highest BCUT2D eigenvalue weighted by atomic mass is 32.2. The number of nitrogens with two attached hydrogens (primary N) is 1. The average Bonchev–Trinajstić information content (AvgIpc) is 2.40. The molecule has 0 bridgehead atoms. The first-order valence-electron chi connectivity index (χ1n) is 6.34. The van der Waals surface area contributed by atoms with E-state index >= 15 is 0 Å². The lowest BCUT2D eigenvalue weighted by Crippen LogP contribution is -2.43. The number of aromatic nitrogens is 1. The van der Waals surface area contributed by atoms with E-state index in [9.17, 15) is 0 Å². The predicted octanol–water partition coefficient (Wildman–Crippen LogP) is 2.09. The van der Waals surface area contributed by atoms with E-state index in [-0.39, 0.29) is 0 Å². The van der Waals surface area contributed by atoms with Gasteiger partial charge in [0.1, 0.15) is 0 Å². The van der Waals surface area contributed by atoms with Crippen LogP contribution < -0.4 is 11.3 Å². The lowest BCUT2D eigenvalue weighted by atomic mass is 9.83. The summed E-state index contributed by atoms with van der Waals surface area (Å²) < 4.78 is 0. The van der Waals surface area contributed by atoms with E-state index in [0.29, 0.717) is 12.0 Å². The van der Waals surface area contributed by atoms with Gasteiger partial charge in [0.25, 0.3) is 0 Å². The van der Waals surface area contributed by atoms with E-state index < -0.39 is 0 Å². The van der Waals surface area contributed by atoms with Crippen LogP contribution in [0.25, 0.3) is 0 Å². The number of pyridine rings is 1. The van der Waals surface area contributed by atoms with Crippen LogP contribution in [0.4, 0.5) is 0 Å². The van der Waals surface area contributed by atoms with E-state index in [1.807, 2.05) is 24.0 Å². The molecule has 4 heteroatoms. The van der Waals surface area contributed by atoms with Crippen molar-refractivity contribution in [2.45, 2.75) is 38.1 Å². The van der Waals surface area contributed by atoms with Crippen LogP contribution >= 0.6 is 11.8 Å². The number of hydrazine groups is 1. The summed E-state index contributed by atoms with van der Waals surface area (Å²) in [6, 6.07) is 4.58. The van der Waals surface area contributed by atoms with Crippen LogP contribution in [0.15, 0.2) is 18.3 Å². The van der Waals surface area contributed by atoms with Crippen molar-refractivity contribution >= 4 is 11.8 Å². The van der Waals surface area contributed by atoms with E-state index in [1.54, 1.807) is 0 Å². The van der Waals surface area contributed by atoms with Crippen molar-refractivity contribution in [3.05, 3.63) is 29.6 Å². The molecule has 0 radical (unpaired) electrons. The molecule has 0 aliphatic heterocycles. The maximum atomic E-state index is 5.71. The molecule has 1 aromatic rings. The maximum Gasteiger partial charge on any atom is 0.0482 e. The molecular weight excluding hydrogens is 230 g/mol. The molecule has 3 N–H and O–H groups in total. The molecule has 1 aliphatic carbocycles. The fourth-order valence-electron chi connectivity index (χ4n) is 2.56. The van der Waals surface area contributed by atoms with Crippen LogP contribution in [0.3, 0.4) is 0 Å². The SMILES string of the molecule is CCSCC(NN)C1CCCc2cccnc21. The van der Waals surface area contributed by atoms with Crippen molar-refractivity contribution in [2.24, 2.45) is 5.84 Å². The highest BCUT2D eigenvalue weighted by molar-refractivity contribution is 7.99. The molecule has 2 atom stereocenters. The summed E-state index contributed by atoms with van der Waals surface area (Å²) in [4.78, 5) is 4.57. The van der Waals surface area contributed by atoms with Crippen LogP contribution in [0.2, 0.25) is 0 Å². The normalized spacial score (nSPS) is 20.9. The van der Waals surface area contributed by atoms with Crippen molar-refractivity contribution in [1.29, 1.82) is 0 Å². The van der Waals surface area contributed by atoms with Gasteiger partial charge in [-0.3, -0.25) is 16.3 Å². The third-order valence-corrected chi connectivity index (χ3v) is 4.44. The summed E-state index contributed by atoms with van der Waals surface area (Å²) in [5, 5.41) is 0. The Labute approximate surface area is 108 Å². The maximum absolute atomic E-state index is 5.71. The fourth-order valence-corrected chi connectivity index (χ4v) is 3.38. The van der Waals surface area contributed by atoms with E-state index in [4.69, 9.17) is 5.84 Å². The molecule has 3 nitrogen and oxygen atoms in total. The number of hydrogen-bond acceptors (Lipinski definition) is 4. The minimum Gasteiger partial charge on any atom is -0.271 e. The molecule has 17 heavy (non-hydrogen) atoms. The molecule has 1 heterocycles. The highest BCUT2D eigenvalue weighted by Gasteiger charge is 2.28. The predicted molar refractivity (Wildman–Crippen MR) is 74.0 cm³/mol. The lowest BCUT2D eigenvalue weighted by Gasteiger charge is -2.30. The first kappa shape index (κ1) is 12.9. The van der Waals surface area contributed by atoms with Crippen molar-refractivity contribution in [3.63, 3.8) is 0 Å². The van der Waals surface area contributed by atoms with Gasteiger partial charge in [0, 0.05) is 29.6 Å². The number of rotatable bonds is 5. The Morgan fingerprint density at radius 3 is 3.29 bits per heavy atom. The van der Waals surface area contributed by atoms with Crippen molar-refractivity contribution < 1.29 is 0 Å². The summed E-state index contributed by atoms with van der Waals surface area (Å²) in [6.45, 7) is 2.19. The minimum absolute atomic E-state index is 0.342. The molecule has 0 fully saturated rings. The summed E-state index contributed by atoms with van der Waals surface area (Å²) >= 11 is 1.94. The minimum atomic E-state index is 0.342. The third-order valence-electron chi connectivity index (χ3n) is 3.44. The van der Waals surface area contributed by atoms with Gasteiger partial charge >= 0.3 is 0 Å². The molecule has 1 aliphatic rings. The van der Waals surface area contributed by atoms with Crippen molar-refractivity contribution in [2.75, 3.05) is 11.5 Å². The summed E-state index contributed by atoms with van der Waals surface area (Å²) in [7, 11) is 0. The summed E-state index contributed by atoms with van der Waals surface area (Å²) in [5.74, 6) is 8.39. The van der Waals surface area contributed by atoms with E-state index in [0.717, 1.165) is 17.9 Å². The molecule has 2 unspecified atom stereocenters. The highest BCUT2D eigenvalue weighted by Crippen LogP contribution is 2.33. The number of nitrogens with zero attached hydrogens (tertiary/aromatic N) is 1. The first-order chi connectivity index (χ1) is 8.36. The molecule has 0 amide bonds. The van der Waals surface area contributed by atoms with Crippen molar-refractivity contribution in [3.8, 4) is 0 Å². The largest absolute Gasteiger partial charge is 0.271 e. The molecule has 2 rings (SSSR count). The lowest BCUT2D eigenvalue weighted by molar-refractivity contribution is 0.417. The number of hydrogen-bond donors (Lipinski definition) is 2. The van der Waals surface area contributed by atoms with Crippen LogP contribution in [0.5, 0.6) is 0 Å². The van der Waals surface area contributed by atoms with E-state index in [1.165, 1.54) is 24.1 Å². The number of fused-ring (bicyclic) bond motifs is 1. The molecule has 0 saturated carbocycles. The zero-order chi connectivity index (χ0) is 12.1. The number of aryl methyl sites for hydroxylation is 1. The van der Waals surface area contributed by atoms with E-state index in [2.05, 4.69) is 23.4 Å². The van der Waals surface area contributed by atoms with Gasteiger partial charge in [-0.25, -0.2) is 0 Å². The molecule has 0 saturated heterocycles. The van der Waals surface area contributed by atoms with Gasteiger partial charge in [-0.05, 0) is 36.6 Å². The van der Waals surface area contributed by atoms with Gasteiger partial charge < -0.3 is 0 Å². The zero-order valence-corrected chi connectivity index (χ0v) is 11.2. The quantitative estimate of drug-likeness (QED) is 0.621. The van der Waals surface area contributed by atoms with Gasteiger partial charge in [0.05, 0.1) is 0 Å². The molecule has 0 aromatic carbocycles. The Hall–Kier alpha value is -0.580. The Kier molecular flexibility index (Phi) is 4.83. The monoisotopic (exact) mass is 251 g/mol. The Morgan fingerprint density at radius 2 is 2.53 bits per heavy atom. The van der Waals surface area contributed by atoms with Gasteiger partial charge in [-0.2, -0.15) is 11.8 Å². The molecule has 94 valence electrons. The summed E-state index contributed by atoms with van der Waals surface area (Å²) in [5.41, 5.74) is 5.66. The topological polar surface area (TPSA) is 50.9 Å². The summed E-state index contributed by atoms with van der Waals surface area (Å²) in [6.07, 6.45) is 5.51. The van der Waals surface area contributed by atoms with Gasteiger partial charge in [0.2, 0.25) is 0 Å². The smallest absolute Gasteiger partial charge is 0.0482 e. The number of nitrogens with one attached hydrogen (secondary N) is 1. The van der Waals surface area contributed by atoms with Crippen LogP contribution in [0.1, 0.15) is 36.9 Å². The van der Waals surface area contributed by atoms with Crippen molar-refractivity contribution in [1.82, 2.24) is 10.4 Å². The number of thioether (sulfide) groups is 1. The fraction of sp³-hybridized carbons (Fsp3) is 0.615. The second-order valence-electron chi connectivity index (χ2n) is 4.48. The first-order valence-corrected chi connectivity index (χ1v) is 7.50. The average molecular weight is 251 g/mol. The van der Waals surface area contributed by atoms with Crippen LogP contribution in [-0.4, -0.2) is 22.5 Å². The zero-order valence-electron chi connectivity index (χ0n) is 10.4. The standard InChI is InChI=1S/C13H21N3S/c1-2-17-9-12(16-14)11-7-3-5-10-6-4-8-15-13(10)11/h4,6,8,11-12,16H,2-3,5,7,9,14H2,1H3. The molecular formula is C13H21N3S. The second kappa shape index (κ2) is 6.38. The third kappa shape index (κ3) is 3.00. The Bertz CT molecular complexity index is 356. The van der Waals surface area contributed by atoms with Crippen LogP contribution in [0, 0.1) is 0 Å². The van der Waals surface area contributed by atoms with Gasteiger partial charge in [0.15, 0.2) is 0 Å². The Balaban J connectivity index is 2.15. The molecule has 0 spiro atoms. The Morgan fingerprint density at radius 1 is 1.65 bits per heavy atom. The molecule has 1 aromatic heterocycles. The van der Waals surface area contributed by atoms with Gasteiger partial charge in [-0.1, -0.05) is 13.0 Å². The second-order valence-corrected chi connectivity index (χ2v) is 5.80. The van der Waals surface area contributed by atoms with Crippen LogP contribution in [-0.2, 0) is 6.42 Å². The van der Waals surface area contributed by atoms with Gasteiger partial charge in [-0.15, -0.1) is 0 Å².